The van der Waals surface area contributed by atoms with Crippen LogP contribution >= 0.6 is 0 Å². The Labute approximate surface area is 124 Å². The van der Waals surface area contributed by atoms with E-state index in [0.717, 1.165) is 12.0 Å². The largest absolute Gasteiger partial charge is 0.393 e. The van der Waals surface area contributed by atoms with Crippen molar-refractivity contribution in [2.24, 2.45) is 0 Å². The molecule has 0 aromatic heterocycles. The lowest BCUT2D eigenvalue weighted by Gasteiger charge is -2.10. The van der Waals surface area contributed by atoms with E-state index in [1.165, 1.54) is 23.3 Å². The number of hydrogen-bond acceptors (Lipinski definition) is 3. The van der Waals surface area contributed by atoms with Crippen molar-refractivity contribution >= 4 is 5.69 Å². The maximum atomic E-state index is 10.6. The quantitative estimate of drug-likeness (QED) is 0.653. The van der Waals surface area contributed by atoms with Gasteiger partial charge in [0.15, 0.2) is 0 Å². The Morgan fingerprint density at radius 3 is 2.19 bits per heavy atom. The molecular formula is C17H19NO3. The van der Waals surface area contributed by atoms with Gasteiger partial charge in [-0.2, -0.15) is 0 Å². The Morgan fingerprint density at radius 1 is 1.05 bits per heavy atom. The van der Waals surface area contributed by atoms with Crippen molar-refractivity contribution in [3.63, 3.8) is 0 Å². The van der Waals surface area contributed by atoms with Crippen LogP contribution in [0.1, 0.15) is 23.1 Å². The molecule has 4 nitrogen and oxygen atoms in total. The number of nitro benzene ring substituents is 1. The van der Waals surface area contributed by atoms with Crippen LogP contribution in [0.2, 0.25) is 0 Å². The van der Waals surface area contributed by atoms with Gasteiger partial charge >= 0.3 is 0 Å². The summed E-state index contributed by atoms with van der Waals surface area (Å²) in [7, 11) is 0. The van der Waals surface area contributed by atoms with Gasteiger partial charge in [0, 0.05) is 12.1 Å². The highest BCUT2D eigenvalue weighted by atomic mass is 16.6. The lowest BCUT2D eigenvalue weighted by Crippen LogP contribution is -2.11. The van der Waals surface area contributed by atoms with E-state index in [2.05, 4.69) is 24.3 Å². The highest BCUT2D eigenvalue weighted by Gasteiger charge is 2.08. The molecule has 0 aliphatic rings. The molecule has 0 bridgehead atoms. The van der Waals surface area contributed by atoms with Gasteiger partial charge in [-0.15, -0.1) is 0 Å². The van der Waals surface area contributed by atoms with E-state index >= 15 is 0 Å². The zero-order chi connectivity index (χ0) is 15.2. The van der Waals surface area contributed by atoms with Gasteiger partial charge in [-0.25, -0.2) is 0 Å². The summed E-state index contributed by atoms with van der Waals surface area (Å²) in [5.74, 6) is 0. The van der Waals surface area contributed by atoms with Gasteiger partial charge in [0.1, 0.15) is 0 Å². The Bertz CT molecular complexity index is 590. The van der Waals surface area contributed by atoms with Gasteiger partial charge in [-0.1, -0.05) is 42.0 Å². The fourth-order valence-corrected chi connectivity index (χ4v) is 2.22. The molecule has 0 aliphatic carbocycles. The Hall–Kier alpha value is -2.20. The normalized spacial score (nSPS) is 12.1. The van der Waals surface area contributed by atoms with E-state index in [1.807, 2.05) is 6.92 Å². The zero-order valence-corrected chi connectivity index (χ0v) is 12.0. The molecule has 1 unspecified atom stereocenters. The third-order valence-electron chi connectivity index (χ3n) is 3.51. The van der Waals surface area contributed by atoms with Crippen molar-refractivity contribution in [2.45, 2.75) is 32.3 Å². The Kier molecular flexibility index (Phi) is 5.06. The minimum absolute atomic E-state index is 0.0768. The summed E-state index contributed by atoms with van der Waals surface area (Å²) in [4.78, 5) is 10.2. The molecule has 2 aromatic carbocycles. The number of rotatable bonds is 6. The van der Waals surface area contributed by atoms with Crippen molar-refractivity contribution in [2.75, 3.05) is 0 Å². The first-order valence-corrected chi connectivity index (χ1v) is 7.01. The van der Waals surface area contributed by atoms with Crippen molar-refractivity contribution < 1.29 is 10.0 Å². The van der Waals surface area contributed by atoms with E-state index in [-0.39, 0.29) is 5.69 Å². The molecule has 1 atom stereocenters. The maximum absolute atomic E-state index is 10.6. The zero-order valence-electron chi connectivity index (χ0n) is 12.0. The van der Waals surface area contributed by atoms with Gasteiger partial charge in [-0.05, 0) is 37.3 Å². The summed E-state index contributed by atoms with van der Waals surface area (Å²) in [5, 5.41) is 20.6. The fourth-order valence-electron chi connectivity index (χ4n) is 2.22. The minimum atomic E-state index is -0.437. The van der Waals surface area contributed by atoms with Crippen molar-refractivity contribution in [3.05, 3.63) is 75.3 Å². The van der Waals surface area contributed by atoms with E-state index in [1.54, 1.807) is 12.1 Å². The molecule has 2 rings (SSSR count). The van der Waals surface area contributed by atoms with E-state index in [0.29, 0.717) is 12.8 Å². The predicted molar refractivity (Wildman–Crippen MR) is 82.3 cm³/mol. The van der Waals surface area contributed by atoms with Crippen LogP contribution in [0.15, 0.2) is 48.5 Å². The van der Waals surface area contributed by atoms with Gasteiger partial charge in [0.2, 0.25) is 0 Å². The van der Waals surface area contributed by atoms with Crippen molar-refractivity contribution in [3.8, 4) is 0 Å². The molecule has 1 N–H and O–H groups in total. The average Bonchev–Trinajstić information content (AvgIpc) is 2.47. The topological polar surface area (TPSA) is 63.4 Å². The second-order valence-corrected chi connectivity index (χ2v) is 5.31. The van der Waals surface area contributed by atoms with Gasteiger partial charge in [-0.3, -0.25) is 10.1 Å². The molecule has 0 amide bonds. The lowest BCUT2D eigenvalue weighted by atomic mass is 10.0. The third kappa shape index (κ3) is 4.68. The summed E-state index contributed by atoms with van der Waals surface area (Å²) >= 11 is 0. The SMILES string of the molecule is Cc1ccc(CCC(O)Cc2ccc([N+](=O)[O-])cc2)cc1. The fraction of sp³-hybridized carbons (Fsp3) is 0.294. The minimum Gasteiger partial charge on any atom is -0.393 e. The van der Waals surface area contributed by atoms with Crippen LogP contribution in [0.3, 0.4) is 0 Å². The molecule has 0 aliphatic heterocycles. The van der Waals surface area contributed by atoms with E-state index in [9.17, 15) is 15.2 Å². The molecule has 0 heterocycles. The molecule has 0 saturated heterocycles. The molecule has 110 valence electrons. The Balaban J connectivity index is 1.85. The molecule has 0 radical (unpaired) electrons. The standard InChI is InChI=1S/C17H19NO3/c1-13-2-4-14(5-3-13)8-11-17(19)12-15-6-9-16(10-7-15)18(20)21/h2-7,9-10,17,19H,8,11-12H2,1H3. The summed E-state index contributed by atoms with van der Waals surface area (Å²) in [6.45, 7) is 2.05. The number of non-ortho nitro benzene ring substituents is 1. The smallest absolute Gasteiger partial charge is 0.269 e. The predicted octanol–water partition coefficient (Wildman–Crippen LogP) is 3.44. The van der Waals surface area contributed by atoms with Crippen LogP contribution in [0.25, 0.3) is 0 Å². The number of benzene rings is 2. The number of aliphatic hydroxyl groups excluding tert-OH is 1. The molecular weight excluding hydrogens is 266 g/mol. The van der Waals surface area contributed by atoms with Crippen LogP contribution in [0.5, 0.6) is 0 Å². The van der Waals surface area contributed by atoms with Crippen LogP contribution < -0.4 is 0 Å². The summed E-state index contributed by atoms with van der Waals surface area (Å²) in [5.41, 5.74) is 3.43. The van der Waals surface area contributed by atoms with Crippen LogP contribution in [-0.2, 0) is 12.8 Å². The number of aliphatic hydroxyl groups is 1. The van der Waals surface area contributed by atoms with Crippen molar-refractivity contribution in [1.82, 2.24) is 0 Å². The molecule has 4 heteroatoms. The second-order valence-electron chi connectivity index (χ2n) is 5.31. The van der Waals surface area contributed by atoms with Gasteiger partial charge in [0.25, 0.3) is 5.69 Å². The summed E-state index contributed by atoms with van der Waals surface area (Å²) < 4.78 is 0. The number of aryl methyl sites for hydroxylation is 2. The first-order chi connectivity index (χ1) is 10.0. The first kappa shape index (κ1) is 15.2. The number of hydrogen-bond donors (Lipinski definition) is 1. The highest BCUT2D eigenvalue weighted by molar-refractivity contribution is 5.33. The van der Waals surface area contributed by atoms with Crippen LogP contribution in [0.4, 0.5) is 5.69 Å². The monoisotopic (exact) mass is 285 g/mol. The Morgan fingerprint density at radius 2 is 1.62 bits per heavy atom. The number of nitrogens with zero attached hydrogens (tertiary/aromatic N) is 1. The molecule has 2 aromatic rings. The van der Waals surface area contributed by atoms with E-state index < -0.39 is 11.0 Å². The average molecular weight is 285 g/mol. The third-order valence-corrected chi connectivity index (χ3v) is 3.51. The summed E-state index contributed by atoms with van der Waals surface area (Å²) in [6.07, 6.45) is 1.59. The molecule has 0 saturated carbocycles. The second kappa shape index (κ2) is 6.99. The van der Waals surface area contributed by atoms with Crippen LogP contribution in [-0.4, -0.2) is 16.1 Å². The molecule has 0 spiro atoms. The summed E-state index contributed by atoms with van der Waals surface area (Å²) in [6, 6.07) is 14.6. The maximum Gasteiger partial charge on any atom is 0.269 e. The van der Waals surface area contributed by atoms with Gasteiger partial charge < -0.3 is 5.11 Å². The lowest BCUT2D eigenvalue weighted by molar-refractivity contribution is -0.384. The van der Waals surface area contributed by atoms with Crippen molar-refractivity contribution in [1.29, 1.82) is 0 Å². The highest BCUT2D eigenvalue weighted by Crippen LogP contribution is 2.15. The van der Waals surface area contributed by atoms with E-state index in [4.69, 9.17) is 0 Å². The van der Waals surface area contributed by atoms with Gasteiger partial charge in [0.05, 0.1) is 11.0 Å². The van der Waals surface area contributed by atoms with Crippen LogP contribution in [0, 0.1) is 17.0 Å². The first-order valence-electron chi connectivity index (χ1n) is 7.01. The molecule has 0 fully saturated rings. The number of nitro groups is 1. The molecule has 21 heavy (non-hydrogen) atoms.